The molecular weight excluding hydrogens is 222 g/mol. The van der Waals surface area contributed by atoms with E-state index < -0.39 is 5.91 Å². The average Bonchev–Trinajstić information content (AvgIpc) is 2.17. The molecule has 0 bridgehead atoms. The van der Waals surface area contributed by atoms with Gasteiger partial charge in [0.25, 0.3) is 5.91 Å². The van der Waals surface area contributed by atoms with E-state index in [9.17, 15) is 4.79 Å². The minimum atomic E-state index is -0.486. The van der Waals surface area contributed by atoms with Gasteiger partial charge in [-0.05, 0) is 24.4 Å². The molecule has 0 aromatic heterocycles. The molecule has 0 aliphatic heterocycles. The molecule has 1 amide bonds. The van der Waals surface area contributed by atoms with Crippen molar-refractivity contribution < 1.29 is 9.53 Å². The lowest BCUT2D eigenvalue weighted by Gasteiger charge is -2.03. The molecule has 1 rings (SSSR count). The van der Waals surface area contributed by atoms with Crippen molar-refractivity contribution in [1.82, 2.24) is 0 Å². The van der Waals surface area contributed by atoms with Crippen molar-refractivity contribution in [2.45, 2.75) is 0 Å². The van der Waals surface area contributed by atoms with Crippen molar-refractivity contribution in [1.29, 1.82) is 0 Å². The Morgan fingerprint density at radius 3 is 2.93 bits per heavy atom. The Morgan fingerprint density at radius 2 is 2.29 bits per heavy atom. The highest BCUT2D eigenvalue weighted by Crippen LogP contribution is 2.22. The number of nitrogens with zero attached hydrogens (tertiary/aromatic N) is 1. The Hall–Kier alpha value is -1.22. The number of hydrogen-bond acceptors (Lipinski definition) is 3. The smallest absolute Gasteiger partial charge is 0.292 e. The van der Waals surface area contributed by atoms with Crippen LogP contribution in [0.5, 0.6) is 5.75 Å². The van der Waals surface area contributed by atoms with E-state index in [0.717, 1.165) is 0 Å². The number of isothiocyanates is 1. The third-order valence-corrected chi connectivity index (χ3v) is 1.76. The Bertz CT molecular complexity index is 388. The van der Waals surface area contributed by atoms with Gasteiger partial charge < -0.3 is 4.74 Å². The third kappa shape index (κ3) is 3.26. The molecule has 0 aliphatic rings. The first-order valence-electron chi connectivity index (χ1n) is 3.72. The van der Waals surface area contributed by atoms with Gasteiger partial charge in [0.05, 0.1) is 10.2 Å². The molecule has 0 saturated carbocycles. The maximum absolute atomic E-state index is 10.9. The van der Waals surface area contributed by atoms with Gasteiger partial charge in [0.15, 0.2) is 6.61 Å². The van der Waals surface area contributed by atoms with Crippen LogP contribution < -0.4 is 4.74 Å². The third-order valence-electron chi connectivity index (χ3n) is 1.36. The predicted molar refractivity (Wildman–Crippen MR) is 57.0 cm³/mol. The number of rotatable bonds is 3. The van der Waals surface area contributed by atoms with Crippen molar-refractivity contribution >= 4 is 34.9 Å². The fraction of sp³-hybridized carbons (Fsp3) is 0.111. The van der Waals surface area contributed by atoms with Crippen LogP contribution in [-0.4, -0.2) is 17.7 Å². The van der Waals surface area contributed by atoms with Crippen LogP contribution in [0.3, 0.4) is 0 Å². The van der Waals surface area contributed by atoms with E-state index in [1.807, 2.05) is 5.16 Å². The van der Waals surface area contributed by atoms with E-state index >= 15 is 0 Å². The highest BCUT2D eigenvalue weighted by Gasteiger charge is 2.02. The molecule has 0 N–H and O–H groups in total. The number of para-hydroxylation sites is 1. The Balaban J connectivity index is 2.58. The van der Waals surface area contributed by atoms with Crippen LogP contribution in [0.2, 0.25) is 5.02 Å². The van der Waals surface area contributed by atoms with Gasteiger partial charge in [-0.15, -0.1) is 0 Å². The molecule has 0 spiro atoms. The standard InChI is InChI=1S/C9H6ClNO2S/c10-7-3-1-2-4-8(7)13-5-9(12)11-6-14/h1-4H,5H2. The molecule has 3 nitrogen and oxygen atoms in total. The van der Waals surface area contributed by atoms with Gasteiger partial charge in [0.1, 0.15) is 5.75 Å². The second-order valence-corrected chi connectivity index (χ2v) is 2.91. The van der Waals surface area contributed by atoms with Crippen molar-refractivity contribution in [3.05, 3.63) is 29.3 Å². The Labute approximate surface area is 91.4 Å². The maximum Gasteiger partial charge on any atom is 0.292 e. The summed E-state index contributed by atoms with van der Waals surface area (Å²) in [5, 5.41) is 2.41. The zero-order valence-electron chi connectivity index (χ0n) is 7.07. The summed E-state index contributed by atoms with van der Waals surface area (Å²) in [4.78, 5) is 14.1. The summed E-state index contributed by atoms with van der Waals surface area (Å²) < 4.78 is 5.09. The van der Waals surface area contributed by atoms with E-state index in [1.165, 1.54) is 0 Å². The minimum Gasteiger partial charge on any atom is -0.482 e. The number of benzene rings is 1. The lowest BCUT2D eigenvalue weighted by molar-refractivity contribution is -0.119. The van der Waals surface area contributed by atoms with Crippen LogP contribution in [-0.2, 0) is 4.79 Å². The summed E-state index contributed by atoms with van der Waals surface area (Å²) in [6.07, 6.45) is 0. The van der Waals surface area contributed by atoms with Crippen molar-refractivity contribution in [3.63, 3.8) is 0 Å². The Morgan fingerprint density at radius 1 is 1.57 bits per heavy atom. The number of hydrogen-bond donors (Lipinski definition) is 0. The molecule has 5 heteroatoms. The lowest BCUT2D eigenvalue weighted by atomic mass is 10.3. The van der Waals surface area contributed by atoms with Crippen molar-refractivity contribution in [2.75, 3.05) is 6.61 Å². The van der Waals surface area contributed by atoms with Crippen LogP contribution in [0.15, 0.2) is 29.3 Å². The van der Waals surface area contributed by atoms with E-state index in [0.29, 0.717) is 10.8 Å². The van der Waals surface area contributed by atoms with Gasteiger partial charge in [0, 0.05) is 0 Å². The Kier molecular flexibility index (Phi) is 4.26. The van der Waals surface area contributed by atoms with Crippen LogP contribution in [0.1, 0.15) is 0 Å². The second-order valence-electron chi connectivity index (χ2n) is 2.32. The topological polar surface area (TPSA) is 38.7 Å². The number of thiocarbonyl (C=S) groups is 1. The van der Waals surface area contributed by atoms with Gasteiger partial charge in [-0.1, -0.05) is 23.7 Å². The normalized spacial score (nSPS) is 8.93. The first kappa shape index (κ1) is 10.9. The van der Waals surface area contributed by atoms with Gasteiger partial charge >= 0.3 is 0 Å². The minimum absolute atomic E-state index is 0.187. The summed E-state index contributed by atoms with van der Waals surface area (Å²) in [6.45, 7) is -0.187. The van der Waals surface area contributed by atoms with Crippen LogP contribution in [0.4, 0.5) is 0 Å². The quantitative estimate of drug-likeness (QED) is 0.588. The average molecular weight is 228 g/mol. The van der Waals surface area contributed by atoms with E-state index in [-0.39, 0.29) is 6.61 Å². The maximum atomic E-state index is 10.9. The highest BCUT2D eigenvalue weighted by molar-refractivity contribution is 7.78. The van der Waals surface area contributed by atoms with Crippen LogP contribution >= 0.6 is 23.8 Å². The molecule has 0 unspecified atom stereocenters. The summed E-state index contributed by atoms with van der Waals surface area (Å²) in [5.74, 6) is -0.0398. The highest BCUT2D eigenvalue weighted by atomic mass is 35.5. The largest absolute Gasteiger partial charge is 0.482 e. The van der Waals surface area contributed by atoms with Crippen molar-refractivity contribution in [2.24, 2.45) is 4.99 Å². The fourth-order valence-corrected chi connectivity index (χ4v) is 1.08. The number of halogens is 1. The second kappa shape index (κ2) is 5.50. The first-order chi connectivity index (χ1) is 6.74. The molecular formula is C9H6ClNO2S. The van der Waals surface area contributed by atoms with Gasteiger partial charge in [-0.25, -0.2) is 0 Å². The van der Waals surface area contributed by atoms with Gasteiger partial charge in [-0.2, -0.15) is 4.99 Å². The molecule has 14 heavy (non-hydrogen) atoms. The van der Waals surface area contributed by atoms with Crippen LogP contribution in [0, 0.1) is 0 Å². The molecule has 0 aliphatic carbocycles. The summed E-state index contributed by atoms with van der Waals surface area (Å²) in [6, 6.07) is 6.86. The molecule has 1 aromatic carbocycles. The van der Waals surface area contributed by atoms with Crippen molar-refractivity contribution in [3.8, 4) is 5.75 Å². The summed E-state index contributed by atoms with van der Waals surface area (Å²) in [7, 11) is 0. The molecule has 0 heterocycles. The number of carbonyl (C=O) groups is 1. The van der Waals surface area contributed by atoms with E-state index in [4.69, 9.17) is 16.3 Å². The molecule has 72 valence electrons. The van der Waals surface area contributed by atoms with Gasteiger partial charge in [-0.3, -0.25) is 4.79 Å². The predicted octanol–water partition coefficient (Wildman–Crippen LogP) is 2.35. The molecule has 0 fully saturated rings. The molecule has 0 atom stereocenters. The zero-order valence-corrected chi connectivity index (χ0v) is 8.64. The van der Waals surface area contributed by atoms with E-state index in [2.05, 4.69) is 17.2 Å². The number of aliphatic imine (C=N–C) groups is 1. The summed E-state index contributed by atoms with van der Waals surface area (Å²) >= 11 is 10.0. The number of carbonyl (C=O) groups excluding carboxylic acids is 1. The zero-order chi connectivity index (χ0) is 10.4. The monoisotopic (exact) mass is 227 g/mol. The number of amides is 1. The molecule has 0 radical (unpaired) electrons. The molecule has 1 aromatic rings. The lowest BCUT2D eigenvalue weighted by Crippen LogP contribution is -2.08. The fourth-order valence-electron chi connectivity index (χ4n) is 0.784. The SMILES string of the molecule is O=C(COc1ccccc1Cl)N=C=S. The summed E-state index contributed by atoms with van der Waals surface area (Å²) in [5.41, 5.74) is 0. The first-order valence-corrected chi connectivity index (χ1v) is 4.50. The van der Waals surface area contributed by atoms with E-state index in [1.54, 1.807) is 24.3 Å². The molecule has 0 saturated heterocycles. The van der Waals surface area contributed by atoms with Gasteiger partial charge in [0.2, 0.25) is 0 Å². The number of ether oxygens (including phenoxy) is 1. The van der Waals surface area contributed by atoms with Crippen LogP contribution in [0.25, 0.3) is 0 Å².